The number of aryl methyl sites for hydroxylation is 1. The lowest BCUT2D eigenvalue weighted by molar-refractivity contribution is -0.0309. The molecule has 1 aliphatic heterocycles. The van der Waals surface area contributed by atoms with Gasteiger partial charge in [0.2, 0.25) is 0 Å². The Morgan fingerprint density at radius 2 is 2.04 bits per heavy atom. The maximum absolute atomic E-state index is 10.9. The first-order chi connectivity index (χ1) is 13.5. The zero-order valence-corrected chi connectivity index (χ0v) is 15.6. The molecule has 1 saturated carbocycles. The summed E-state index contributed by atoms with van der Waals surface area (Å²) in [5, 5.41) is 22.8. The first kappa shape index (κ1) is 17.5. The molecule has 146 valence electrons. The van der Waals surface area contributed by atoms with Gasteiger partial charge in [-0.1, -0.05) is 6.07 Å². The molecule has 8 heteroatoms. The fourth-order valence-electron chi connectivity index (χ4n) is 4.78. The number of hydrogen-bond donors (Lipinski definition) is 3. The van der Waals surface area contributed by atoms with Gasteiger partial charge in [0.1, 0.15) is 23.9 Å². The van der Waals surface area contributed by atoms with Crippen LogP contribution in [0.2, 0.25) is 0 Å². The zero-order valence-electron chi connectivity index (χ0n) is 15.6. The van der Waals surface area contributed by atoms with Crippen molar-refractivity contribution in [1.29, 1.82) is 0 Å². The number of hydrogen-bond acceptors (Lipinski definition) is 7. The molecule has 0 aromatic carbocycles. The molecule has 2 aliphatic rings. The van der Waals surface area contributed by atoms with E-state index in [1.165, 1.54) is 6.33 Å². The molecule has 5 rings (SSSR count). The van der Waals surface area contributed by atoms with Crippen LogP contribution >= 0.6 is 0 Å². The predicted molar refractivity (Wildman–Crippen MR) is 102 cm³/mol. The minimum atomic E-state index is -0.891. The van der Waals surface area contributed by atoms with Crippen molar-refractivity contribution < 1.29 is 14.9 Å². The van der Waals surface area contributed by atoms with Crippen LogP contribution in [0.25, 0.3) is 11.0 Å². The van der Waals surface area contributed by atoms with Gasteiger partial charge in [-0.2, -0.15) is 0 Å². The molecule has 5 atom stereocenters. The molecule has 0 radical (unpaired) electrons. The van der Waals surface area contributed by atoms with Crippen LogP contribution in [0, 0.1) is 12.3 Å². The summed E-state index contributed by atoms with van der Waals surface area (Å²) < 4.78 is 7.98. The summed E-state index contributed by atoms with van der Waals surface area (Å²) in [7, 11) is 0. The Balaban J connectivity index is 1.45. The van der Waals surface area contributed by atoms with Gasteiger partial charge in [-0.25, -0.2) is 15.0 Å². The number of fused-ring (bicyclic) bond motifs is 1. The molecular weight excluding hydrogens is 358 g/mol. The maximum atomic E-state index is 10.9. The third-order valence-corrected chi connectivity index (χ3v) is 6.37. The summed E-state index contributed by atoms with van der Waals surface area (Å²) in [6, 6.07) is 5.34. The van der Waals surface area contributed by atoms with Gasteiger partial charge in [0, 0.05) is 23.2 Å². The predicted octanol–water partition coefficient (Wildman–Crippen LogP) is 1.53. The van der Waals surface area contributed by atoms with Gasteiger partial charge in [-0.3, -0.25) is 0 Å². The molecule has 1 aliphatic carbocycles. The van der Waals surface area contributed by atoms with Crippen LogP contribution in [0.4, 0.5) is 5.82 Å². The van der Waals surface area contributed by atoms with E-state index in [-0.39, 0.29) is 12.1 Å². The highest BCUT2D eigenvalue weighted by atomic mass is 16.5. The highest BCUT2D eigenvalue weighted by Crippen LogP contribution is 2.54. The third kappa shape index (κ3) is 2.52. The average molecular weight is 381 g/mol. The second-order valence-electron chi connectivity index (χ2n) is 8.01. The Kier molecular flexibility index (Phi) is 3.90. The van der Waals surface area contributed by atoms with Gasteiger partial charge < -0.3 is 25.3 Å². The minimum Gasteiger partial charge on any atom is -0.390 e. The molecule has 4 N–H and O–H groups in total. The zero-order chi connectivity index (χ0) is 19.5. The van der Waals surface area contributed by atoms with Crippen molar-refractivity contribution >= 4 is 16.9 Å². The van der Waals surface area contributed by atoms with E-state index in [4.69, 9.17) is 10.5 Å². The summed E-state index contributed by atoms with van der Waals surface area (Å²) in [5.41, 5.74) is 7.77. The Morgan fingerprint density at radius 1 is 1.18 bits per heavy atom. The molecule has 0 unspecified atom stereocenters. The van der Waals surface area contributed by atoms with Gasteiger partial charge in [-0.15, -0.1) is 0 Å². The van der Waals surface area contributed by atoms with E-state index < -0.39 is 17.6 Å². The first-order valence-corrected chi connectivity index (χ1v) is 9.46. The first-order valence-electron chi connectivity index (χ1n) is 9.46. The number of nitrogens with zero attached hydrogens (tertiary/aromatic N) is 4. The van der Waals surface area contributed by atoms with E-state index in [0.717, 1.165) is 22.3 Å². The van der Waals surface area contributed by atoms with Crippen molar-refractivity contribution in [1.82, 2.24) is 19.5 Å². The largest absolute Gasteiger partial charge is 0.390 e. The van der Waals surface area contributed by atoms with Gasteiger partial charge in [0.05, 0.1) is 30.6 Å². The molecule has 4 heterocycles. The van der Waals surface area contributed by atoms with Crippen molar-refractivity contribution in [2.75, 3.05) is 12.3 Å². The monoisotopic (exact) mass is 381 g/mol. The van der Waals surface area contributed by atoms with Crippen LogP contribution in [0.5, 0.6) is 0 Å². The maximum Gasteiger partial charge on any atom is 0.143 e. The van der Waals surface area contributed by atoms with Gasteiger partial charge in [0.15, 0.2) is 0 Å². The number of aliphatic hydroxyl groups excluding tert-OH is 2. The Hall–Kier alpha value is -2.55. The summed E-state index contributed by atoms with van der Waals surface area (Å²) in [6.07, 6.45) is 4.48. The van der Waals surface area contributed by atoms with E-state index in [1.807, 2.05) is 29.8 Å². The number of pyridine rings is 1. The van der Waals surface area contributed by atoms with Crippen LogP contribution in [-0.4, -0.2) is 48.5 Å². The molecule has 28 heavy (non-hydrogen) atoms. The van der Waals surface area contributed by atoms with Crippen molar-refractivity contribution in [2.45, 2.75) is 44.1 Å². The Bertz CT molecular complexity index is 1020. The van der Waals surface area contributed by atoms with Crippen molar-refractivity contribution in [2.24, 2.45) is 5.41 Å². The summed E-state index contributed by atoms with van der Waals surface area (Å²) >= 11 is 0. The number of ether oxygens (including phenoxy) is 1. The van der Waals surface area contributed by atoms with E-state index in [1.54, 1.807) is 12.3 Å². The highest BCUT2D eigenvalue weighted by Gasteiger charge is 2.57. The summed E-state index contributed by atoms with van der Waals surface area (Å²) in [5.74, 6) is 0.463. The summed E-state index contributed by atoms with van der Waals surface area (Å²) in [6.45, 7) is 2.33. The Labute approximate surface area is 162 Å². The lowest BCUT2D eigenvalue weighted by Gasteiger charge is -2.26. The molecule has 3 aromatic rings. The van der Waals surface area contributed by atoms with Crippen LogP contribution < -0.4 is 5.73 Å². The topological polar surface area (TPSA) is 119 Å². The molecule has 2 fully saturated rings. The molecule has 1 spiro atoms. The number of rotatable bonds is 2. The fraction of sp³-hybridized carbons (Fsp3) is 0.450. The van der Waals surface area contributed by atoms with E-state index in [0.29, 0.717) is 25.3 Å². The van der Waals surface area contributed by atoms with Crippen molar-refractivity contribution in [3.05, 3.63) is 48.2 Å². The van der Waals surface area contributed by atoms with Gasteiger partial charge >= 0.3 is 0 Å². The van der Waals surface area contributed by atoms with Crippen molar-refractivity contribution in [3.8, 4) is 0 Å². The molecule has 8 nitrogen and oxygen atoms in total. The lowest BCUT2D eigenvalue weighted by Crippen LogP contribution is -2.37. The molecule has 0 bridgehead atoms. The highest BCUT2D eigenvalue weighted by molar-refractivity contribution is 5.78. The van der Waals surface area contributed by atoms with E-state index in [9.17, 15) is 10.2 Å². The van der Waals surface area contributed by atoms with E-state index in [2.05, 4.69) is 15.0 Å². The number of nitrogen functional groups attached to an aromatic ring is 1. The van der Waals surface area contributed by atoms with Gasteiger partial charge in [-0.05, 0) is 37.5 Å². The smallest absolute Gasteiger partial charge is 0.143 e. The van der Waals surface area contributed by atoms with Crippen LogP contribution in [0.1, 0.15) is 36.2 Å². The quantitative estimate of drug-likeness (QED) is 0.616. The number of anilines is 1. The minimum absolute atomic E-state index is 0.167. The summed E-state index contributed by atoms with van der Waals surface area (Å²) in [4.78, 5) is 12.8. The number of aromatic nitrogens is 4. The van der Waals surface area contributed by atoms with E-state index >= 15 is 0 Å². The second-order valence-corrected chi connectivity index (χ2v) is 8.01. The second kappa shape index (κ2) is 6.23. The number of aliphatic hydroxyl groups is 2. The Morgan fingerprint density at radius 3 is 2.82 bits per heavy atom. The number of nitrogens with two attached hydrogens (primary N) is 1. The average Bonchev–Trinajstić information content (AvgIpc) is 3.37. The standard InChI is InChI=1S/C20H23N5O3/c1-11-13-4-5-25(19(13)24-10-23-11)14-6-20(18(27)17(14)26)7-15(28-9-20)12-2-3-16(21)22-8-12/h2-5,8,10,14-15,17-18,26-27H,6-7,9H2,1H3,(H2,21,22)/t14-,15-,17+,18+,20-/m1/s1. The van der Waals surface area contributed by atoms with Gasteiger partial charge in [0.25, 0.3) is 0 Å². The molecule has 3 aromatic heterocycles. The SMILES string of the molecule is Cc1ncnc2c1ccn2[C@@H]1C[C@@]2(CO[C@@H](c3ccc(N)nc3)C2)[C@@H](O)[C@H]1O. The van der Waals surface area contributed by atoms with Crippen molar-refractivity contribution in [3.63, 3.8) is 0 Å². The van der Waals surface area contributed by atoms with Crippen LogP contribution in [0.15, 0.2) is 36.9 Å². The van der Waals surface area contributed by atoms with Crippen LogP contribution in [-0.2, 0) is 4.74 Å². The fourth-order valence-corrected chi connectivity index (χ4v) is 4.78. The molecule has 0 amide bonds. The normalized spacial score (nSPS) is 32.5. The van der Waals surface area contributed by atoms with Crippen LogP contribution in [0.3, 0.4) is 0 Å². The molecule has 1 saturated heterocycles. The molecular formula is C20H23N5O3. The third-order valence-electron chi connectivity index (χ3n) is 6.37. The lowest BCUT2D eigenvalue weighted by atomic mass is 9.80.